The molecule has 5 heteroatoms. The molecule has 0 atom stereocenters. The fraction of sp³-hybridized carbons (Fsp3) is 0.720. The van der Waals surface area contributed by atoms with Crippen molar-refractivity contribution in [1.29, 1.82) is 0 Å². The number of sulfone groups is 1. The molecule has 0 aliphatic carbocycles. The molecule has 0 amide bonds. The molecule has 1 aromatic rings. The van der Waals surface area contributed by atoms with Crippen LogP contribution in [-0.2, 0) is 9.84 Å². The van der Waals surface area contributed by atoms with E-state index in [9.17, 15) is 8.42 Å². The summed E-state index contributed by atoms with van der Waals surface area (Å²) in [5.41, 5.74) is 3.70. The van der Waals surface area contributed by atoms with Crippen LogP contribution < -0.4 is 5.43 Å². The molecule has 0 bridgehead atoms. The highest BCUT2D eigenvalue weighted by atomic mass is 32.2. The zero-order valence-corrected chi connectivity index (χ0v) is 20.2. The van der Waals surface area contributed by atoms with Crippen molar-refractivity contribution in [3.05, 3.63) is 24.3 Å². The summed E-state index contributed by atoms with van der Waals surface area (Å²) in [6.07, 6.45) is 20.4. The lowest BCUT2D eigenvalue weighted by Crippen LogP contribution is -2.07. The van der Waals surface area contributed by atoms with Gasteiger partial charge < -0.3 is 0 Å². The number of hydrazone groups is 1. The molecular weight excluding hydrogens is 392 g/mol. The van der Waals surface area contributed by atoms with Gasteiger partial charge in [-0.15, -0.1) is 0 Å². The molecule has 0 saturated carbocycles. The number of anilines is 1. The largest absolute Gasteiger partial charge is 0.279 e. The Morgan fingerprint density at radius 2 is 1.20 bits per heavy atom. The van der Waals surface area contributed by atoms with Crippen LogP contribution in [0.25, 0.3) is 0 Å². The summed E-state index contributed by atoms with van der Waals surface area (Å²) >= 11 is 0. The third-order valence-electron chi connectivity index (χ3n) is 5.45. The molecule has 0 fully saturated rings. The second kappa shape index (κ2) is 17.3. The molecule has 0 aliphatic rings. The second-order valence-corrected chi connectivity index (χ2v) is 10.4. The van der Waals surface area contributed by atoms with E-state index in [4.69, 9.17) is 0 Å². The molecule has 30 heavy (non-hydrogen) atoms. The van der Waals surface area contributed by atoms with Gasteiger partial charge >= 0.3 is 0 Å². The molecular formula is C25H44N2O2S. The highest BCUT2D eigenvalue weighted by Gasteiger charge is 2.13. The summed E-state index contributed by atoms with van der Waals surface area (Å²) in [5, 5.41) is 4.05. The van der Waals surface area contributed by atoms with Crippen molar-refractivity contribution in [2.45, 2.75) is 115 Å². The zero-order valence-electron chi connectivity index (χ0n) is 19.4. The van der Waals surface area contributed by atoms with Crippen LogP contribution in [0, 0.1) is 0 Å². The number of nitrogens with zero attached hydrogens (tertiary/aromatic N) is 1. The minimum atomic E-state index is -3.18. The van der Waals surface area contributed by atoms with Gasteiger partial charge in [0.15, 0.2) is 9.84 Å². The maximum Gasteiger partial charge on any atom is 0.178 e. The highest BCUT2D eigenvalue weighted by molar-refractivity contribution is 7.91. The van der Waals surface area contributed by atoms with Gasteiger partial charge in [-0.1, -0.05) is 97.3 Å². The van der Waals surface area contributed by atoms with Gasteiger partial charge in [-0.25, -0.2) is 8.42 Å². The van der Waals surface area contributed by atoms with Gasteiger partial charge in [0, 0.05) is 6.21 Å². The molecule has 0 aliphatic heterocycles. The van der Waals surface area contributed by atoms with Crippen LogP contribution in [-0.4, -0.2) is 20.4 Å². The van der Waals surface area contributed by atoms with Gasteiger partial charge in [0.2, 0.25) is 0 Å². The van der Waals surface area contributed by atoms with E-state index in [-0.39, 0.29) is 5.75 Å². The molecule has 4 nitrogen and oxygen atoms in total. The number of rotatable bonds is 19. The summed E-state index contributed by atoms with van der Waals surface area (Å²) in [7, 11) is -3.18. The summed E-state index contributed by atoms with van der Waals surface area (Å²) in [6.45, 7) is 4.28. The van der Waals surface area contributed by atoms with Crippen molar-refractivity contribution in [3.63, 3.8) is 0 Å². The maximum absolute atomic E-state index is 12.5. The first-order valence-electron chi connectivity index (χ1n) is 12.2. The fourth-order valence-corrected chi connectivity index (χ4v) is 4.92. The smallest absolute Gasteiger partial charge is 0.178 e. The first-order valence-corrected chi connectivity index (χ1v) is 13.9. The van der Waals surface area contributed by atoms with Crippen LogP contribution >= 0.6 is 0 Å². The fourth-order valence-electron chi connectivity index (χ4n) is 3.55. The van der Waals surface area contributed by atoms with E-state index < -0.39 is 9.84 Å². The van der Waals surface area contributed by atoms with E-state index in [1.165, 1.54) is 70.6 Å². The number of nitrogens with one attached hydrogen (secondary N) is 1. The lowest BCUT2D eigenvalue weighted by molar-refractivity contribution is 0.537. The van der Waals surface area contributed by atoms with Crippen molar-refractivity contribution in [2.24, 2.45) is 5.10 Å². The normalized spacial score (nSPS) is 11.9. The standard InChI is InChI=1S/C25H44N2O2S/c1-3-5-6-7-8-9-10-11-12-13-14-15-16-17-23-30(28,29)25-20-18-24(19-21-25)27-26-22-4-2/h18-22,27H,3-17,23H2,1-2H3/b26-22+. The quantitative estimate of drug-likeness (QED) is 0.137. The van der Waals surface area contributed by atoms with Gasteiger partial charge in [0.05, 0.1) is 16.3 Å². The molecule has 0 aromatic heterocycles. The first-order chi connectivity index (χ1) is 14.6. The van der Waals surface area contributed by atoms with Gasteiger partial charge in [-0.05, 0) is 37.1 Å². The molecule has 0 heterocycles. The van der Waals surface area contributed by atoms with E-state index in [1.54, 1.807) is 30.5 Å². The molecule has 1 N–H and O–H groups in total. The summed E-state index contributed by atoms with van der Waals surface area (Å²) in [4.78, 5) is 0.405. The van der Waals surface area contributed by atoms with E-state index in [0.29, 0.717) is 4.90 Å². The topological polar surface area (TPSA) is 58.5 Å². The Bertz CT molecular complexity index is 654. The van der Waals surface area contributed by atoms with E-state index in [1.807, 2.05) is 6.92 Å². The third kappa shape index (κ3) is 13.0. The summed E-state index contributed by atoms with van der Waals surface area (Å²) in [6, 6.07) is 6.88. The van der Waals surface area contributed by atoms with E-state index in [0.717, 1.165) is 31.4 Å². The zero-order chi connectivity index (χ0) is 21.9. The van der Waals surface area contributed by atoms with Crippen LogP contribution in [0.5, 0.6) is 0 Å². The predicted molar refractivity (Wildman–Crippen MR) is 131 cm³/mol. The van der Waals surface area contributed by atoms with E-state index >= 15 is 0 Å². The van der Waals surface area contributed by atoms with E-state index in [2.05, 4.69) is 17.5 Å². The van der Waals surface area contributed by atoms with Gasteiger partial charge in [0.25, 0.3) is 0 Å². The molecule has 1 rings (SSSR count). The first kappa shape index (κ1) is 26.7. The minimum Gasteiger partial charge on any atom is -0.279 e. The van der Waals surface area contributed by atoms with Crippen LogP contribution in [0.15, 0.2) is 34.3 Å². The Hall–Kier alpha value is -1.36. The van der Waals surface area contributed by atoms with Crippen molar-refractivity contribution >= 4 is 21.7 Å². The van der Waals surface area contributed by atoms with Gasteiger partial charge in [-0.3, -0.25) is 5.43 Å². The lowest BCUT2D eigenvalue weighted by atomic mass is 10.0. The molecule has 0 spiro atoms. The molecule has 172 valence electrons. The van der Waals surface area contributed by atoms with Crippen LogP contribution in [0.2, 0.25) is 0 Å². The van der Waals surface area contributed by atoms with Crippen LogP contribution in [0.1, 0.15) is 110 Å². The molecule has 0 unspecified atom stereocenters. The van der Waals surface area contributed by atoms with Crippen LogP contribution in [0.4, 0.5) is 5.69 Å². The Balaban J connectivity index is 2.05. The van der Waals surface area contributed by atoms with Crippen molar-refractivity contribution < 1.29 is 8.42 Å². The SMILES string of the molecule is CC/C=N/Nc1ccc(S(=O)(=O)CCCCCCCCCCCCCCCC)cc1. The second-order valence-electron chi connectivity index (χ2n) is 8.27. The van der Waals surface area contributed by atoms with Crippen molar-refractivity contribution in [1.82, 2.24) is 0 Å². The molecule has 0 radical (unpaired) electrons. The van der Waals surface area contributed by atoms with Crippen molar-refractivity contribution in [3.8, 4) is 0 Å². The summed E-state index contributed by atoms with van der Waals surface area (Å²) in [5.74, 6) is 0.242. The number of unbranched alkanes of at least 4 members (excludes halogenated alkanes) is 13. The predicted octanol–water partition coefficient (Wildman–Crippen LogP) is 7.75. The van der Waals surface area contributed by atoms with Gasteiger partial charge in [-0.2, -0.15) is 5.10 Å². The average Bonchev–Trinajstić information content (AvgIpc) is 2.74. The lowest BCUT2D eigenvalue weighted by Gasteiger charge is -2.06. The molecule has 1 aromatic carbocycles. The number of hydrogen-bond donors (Lipinski definition) is 1. The number of benzene rings is 1. The van der Waals surface area contributed by atoms with Gasteiger partial charge in [0.1, 0.15) is 0 Å². The van der Waals surface area contributed by atoms with Crippen LogP contribution in [0.3, 0.4) is 0 Å². The van der Waals surface area contributed by atoms with Crippen molar-refractivity contribution in [2.75, 3.05) is 11.2 Å². The molecule has 0 saturated heterocycles. The third-order valence-corrected chi connectivity index (χ3v) is 7.26. The Morgan fingerprint density at radius 3 is 1.67 bits per heavy atom. The Labute approximate surface area is 185 Å². The minimum absolute atomic E-state index is 0.242. The summed E-state index contributed by atoms with van der Waals surface area (Å²) < 4.78 is 24.9. The number of hydrogen-bond acceptors (Lipinski definition) is 4. The monoisotopic (exact) mass is 436 g/mol. The Morgan fingerprint density at radius 1 is 0.733 bits per heavy atom. The average molecular weight is 437 g/mol. The highest BCUT2D eigenvalue weighted by Crippen LogP contribution is 2.18. The maximum atomic E-state index is 12.5. The Kier molecular flexibility index (Phi) is 15.4.